The topological polar surface area (TPSA) is 60.4 Å². The molecule has 2 saturated carbocycles. The average molecular weight is 306 g/mol. The maximum atomic E-state index is 12.9. The molecule has 0 aromatic heterocycles. The Labute approximate surface area is 126 Å². The van der Waals surface area contributed by atoms with E-state index in [1.54, 1.807) is 19.1 Å². The lowest BCUT2D eigenvalue weighted by Crippen LogP contribution is -2.32. The van der Waals surface area contributed by atoms with Crippen molar-refractivity contribution in [3.63, 3.8) is 0 Å². The molecule has 1 unspecified atom stereocenters. The summed E-state index contributed by atoms with van der Waals surface area (Å²) in [7, 11) is -1.49. The van der Waals surface area contributed by atoms with Crippen molar-refractivity contribution in [3.8, 4) is 0 Å². The first-order valence-corrected chi connectivity index (χ1v) is 8.37. The maximum absolute atomic E-state index is 12.9. The van der Waals surface area contributed by atoms with Crippen molar-refractivity contribution in [2.45, 2.75) is 36.3 Å². The van der Waals surface area contributed by atoms with Gasteiger partial charge in [0.2, 0.25) is 0 Å². The second-order valence-corrected chi connectivity index (χ2v) is 7.36. The Morgan fingerprint density at radius 1 is 1.38 bits per heavy atom. The van der Waals surface area contributed by atoms with Gasteiger partial charge in [-0.25, -0.2) is 0 Å². The van der Waals surface area contributed by atoms with Gasteiger partial charge in [-0.3, -0.25) is 13.8 Å². The first-order chi connectivity index (χ1) is 10.0. The summed E-state index contributed by atoms with van der Waals surface area (Å²) in [5, 5.41) is 0. The highest BCUT2D eigenvalue weighted by molar-refractivity contribution is 7.87. The SMILES string of the molecule is CCOC(=O)[C@@H]1[C@H]2CCC(=O)[C@]21S(=O)c1ccc(C)cc1. The van der Waals surface area contributed by atoms with Gasteiger partial charge in [-0.2, -0.15) is 0 Å². The summed E-state index contributed by atoms with van der Waals surface area (Å²) >= 11 is 0. The summed E-state index contributed by atoms with van der Waals surface area (Å²) in [5.41, 5.74) is 1.07. The predicted octanol–water partition coefficient (Wildman–Crippen LogP) is 2.01. The van der Waals surface area contributed by atoms with Crippen molar-refractivity contribution in [1.29, 1.82) is 0 Å². The van der Waals surface area contributed by atoms with Gasteiger partial charge in [-0.05, 0) is 38.3 Å². The van der Waals surface area contributed by atoms with Gasteiger partial charge in [-0.1, -0.05) is 17.7 Å². The van der Waals surface area contributed by atoms with Crippen LogP contribution in [0.2, 0.25) is 0 Å². The quantitative estimate of drug-likeness (QED) is 0.798. The number of benzene rings is 1. The van der Waals surface area contributed by atoms with Crippen molar-refractivity contribution < 1.29 is 18.5 Å². The summed E-state index contributed by atoms with van der Waals surface area (Å²) in [6.07, 6.45) is 1.05. The van der Waals surface area contributed by atoms with Crippen LogP contribution in [0.4, 0.5) is 0 Å². The van der Waals surface area contributed by atoms with Crippen molar-refractivity contribution >= 4 is 22.6 Å². The van der Waals surface area contributed by atoms with Crippen LogP contribution in [0.5, 0.6) is 0 Å². The zero-order valence-corrected chi connectivity index (χ0v) is 12.9. The number of rotatable bonds is 4. The highest BCUT2D eigenvalue weighted by Gasteiger charge is 2.79. The third-order valence-corrected chi connectivity index (χ3v) is 6.60. The second-order valence-electron chi connectivity index (χ2n) is 5.67. The van der Waals surface area contributed by atoms with E-state index in [9.17, 15) is 13.8 Å². The molecule has 112 valence electrons. The van der Waals surface area contributed by atoms with E-state index in [2.05, 4.69) is 0 Å². The lowest BCUT2D eigenvalue weighted by molar-refractivity contribution is -0.146. The number of ether oxygens (including phenoxy) is 1. The zero-order valence-electron chi connectivity index (χ0n) is 12.1. The van der Waals surface area contributed by atoms with Gasteiger partial charge in [0.05, 0.1) is 23.3 Å². The number of aryl methyl sites for hydroxylation is 1. The zero-order chi connectivity index (χ0) is 15.2. The number of hydrogen-bond acceptors (Lipinski definition) is 4. The van der Waals surface area contributed by atoms with Crippen molar-refractivity contribution in [3.05, 3.63) is 29.8 Å². The summed E-state index contributed by atoms with van der Waals surface area (Å²) < 4.78 is 17.0. The Morgan fingerprint density at radius 2 is 2.05 bits per heavy atom. The van der Waals surface area contributed by atoms with Crippen LogP contribution in [0.1, 0.15) is 25.3 Å². The van der Waals surface area contributed by atoms with E-state index in [1.165, 1.54) is 0 Å². The van der Waals surface area contributed by atoms with Crippen LogP contribution in [0.25, 0.3) is 0 Å². The van der Waals surface area contributed by atoms with Crippen LogP contribution in [0, 0.1) is 18.8 Å². The van der Waals surface area contributed by atoms with E-state index < -0.39 is 21.5 Å². The van der Waals surface area contributed by atoms with E-state index in [0.29, 0.717) is 17.7 Å². The van der Waals surface area contributed by atoms with Crippen LogP contribution in [0.3, 0.4) is 0 Å². The molecule has 1 aromatic carbocycles. The lowest BCUT2D eigenvalue weighted by atomic mass is 10.1. The number of ketones is 1. The van der Waals surface area contributed by atoms with Gasteiger partial charge in [-0.15, -0.1) is 0 Å². The summed E-state index contributed by atoms with van der Waals surface area (Å²) in [5.74, 6) is -1.08. The minimum atomic E-state index is -1.49. The van der Waals surface area contributed by atoms with Crippen LogP contribution in [-0.4, -0.2) is 27.3 Å². The van der Waals surface area contributed by atoms with Crippen molar-refractivity contribution in [1.82, 2.24) is 0 Å². The van der Waals surface area contributed by atoms with Gasteiger partial charge < -0.3 is 4.74 Å². The highest BCUT2D eigenvalue weighted by atomic mass is 32.2. The highest BCUT2D eigenvalue weighted by Crippen LogP contribution is 2.64. The fraction of sp³-hybridized carbons (Fsp3) is 0.500. The molecule has 0 bridgehead atoms. The molecule has 0 heterocycles. The molecule has 4 atom stereocenters. The minimum Gasteiger partial charge on any atom is -0.466 e. The number of Topliss-reactive ketones (excluding diaryl/α,β-unsaturated/α-hetero) is 1. The summed E-state index contributed by atoms with van der Waals surface area (Å²) in [6.45, 7) is 3.97. The molecule has 1 aromatic rings. The van der Waals surface area contributed by atoms with E-state index in [1.807, 2.05) is 19.1 Å². The van der Waals surface area contributed by atoms with Crippen LogP contribution >= 0.6 is 0 Å². The van der Waals surface area contributed by atoms with Crippen LogP contribution in [-0.2, 0) is 25.1 Å². The van der Waals surface area contributed by atoms with Crippen molar-refractivity contribution in [2.24, 2.45) is 11.8 Å². The van der Waals surface area contributed by atoms with E-state index in [-0.39, 0.29) is 24.3 Å². The molecule has 0 saturated heterocycles. The first kappa shape index (κ1) is 14.4. The number of carbonyl (C=O) groups is 2. The fourth-order valence-electron chi connectivity index (χ4n) is 3.46. The van der Waals surface area contributed by atoms with Gasteiger partial charge in [0.15, 0.2) is 5.78 Å². The third-order valence-electron chi connectivity index (χ3n) is 4.51. The summed E-state index contributed by atoms with van der Waals surface area (Å²) in [6, 6.07) is 7.31. The lowest BCUT2D eigenvalue weighted by Gasteiger charge is -2.13. The minimum absolute atomic E-state index is 0.0514. The molecule has 3 rings (SSSR count). The number of esters is 1. The Balaban J connectivity index is 1.94. The Morgan fingerprint density at radius 3 is 2.67 bits per heavy atom. The van der Waals surface area contributed by atoms with Crippen LogP contribution in [0.15, 0.2) is 29.2 Å². The predicted molar refractivity (Wildman–Crippen MR) is 78.2 cm³/mol. The Hall–Kier alpha value is -1.49. The molecule has 0 N–H and O–H groups in total. The van der Waals surface area contributed by atoms with Crippen molar-refractivity contribution in [2.75, 3.05) is 6.61 Å². The smallest absolute Gasteiger partial charge is 0.311 e. The van der Waals surface area contributed by atoms with Gasteiger partial charge >= 0.3 is 5.97 Å². The molecular weight excluding hydrogens is 288 g/mol. The molecule has 2 fully saturated rings. The fourth-order valence-corrected chi connectivity index (χ4v) is 5.50. The Bertz CT molecular complexity index is 622. The first-order valence-electron chi connectivity index (χ1n) is 7.22. The Kier molecular flexibility index (Phi) is 3.48. The van der Waals surface area contributed by atoms with Gasteiger partial charge in [0, 0.05) is 11.3 Å². The molecular formula is C16H18O4S. The maximum Gasteiger partial charge on any atom is 0.311 e. The van der Waals surface area contributed by atoms with Gasteiger partial charge in [0.1, 0.15) is 4.75 Å². The van der Waals surface area contributed by atoms with E-state index in [0.717, 1.165) is 5.56 Å². The third kappa shape index (κ3) is 1.98. The second kappa shape index (κ2) is 5.05. The molecule has 0 amide bonds. The molecule has 2 aliphatic rings. The molecule has 0 radical (unpaired) electrons. The molecule has 0 aliphatic heterocycles. The molecule has 5 heteroatoms. The molecule has 0 spiro atoms. The molecule has 2 aliphatic carbocycles. The molecule has 4 nitrogen and oxygen atoms in total. The average Bonchev–Trinajstić information content (AvgIpc) is 3.04. The van der Waals surface area contributed by atoms with E-state index >= 15 is 0 Å². The van der Waals surface area contributed by atoms with Gasteiger partial charge in [0.25, 0.3) is 0 Å². The van der Waals surface area contributed by atoms with Crippen LogP contribution < -0.4 is 0 Å². The van der Waals surface area contributed by atoms with E-state index in [4.69, 9.17) is 4.74 Å². The number of hydrogen-bond donors (Lipinski definition) is 0. The number of fused-ring (bicyclic) bond motifs is 1. The standard InChI is InChI=1S/C16H18O4S/c1-3-20-15(18)14-12-8-9-13(17)16(12,14)21(19)11-6-4-10(2)5-7-11/h4-7,12,14H,3,8-9H2,1-2H3/t12-,14+,16-,21?/m1/s1. The molecule has 21 heavy (non-hydrogen) atoms. The summed E-state index contributed by atoms with van der Waals surface area (Å²) in [4.78, 5) is 25.0. The number of carbonyl (C=O) groups excluding carboxylic acids is 2. The largest absolute Gasteiger partial charge is 0.466 e. The normalized spacial score (nSPS) is 31.6. The monoisotopic (exact) mass is 306 g/mol.